The van der Waals surface area contributed by atoms with E-state index in [0.29, 0.717) is 0 Å². The van der Waals surface area contributed by atoms with E-state index < -0.39 is 0 Å². The number of pyridine rings is 2. The predicted molar refractivity (Wildman–Crippen MR) is 292 cm³/mol. The first-order chi connectivity index (χ1) is 34.7. The molecule has 9 aromatic carbocycles. The highest BCUT2D eigenvalue weighted by molar-refractivity contribution is 7.00. The Labute approximate surface area is 409 Å². The fourth-order valence-electron chi connectivity index (χ4n) is 10.6. The summed E-state index contributed by atoms with van der Waals surface area (Å²) in [5.41, 5.74) is 22.9. The van der Waals surface area contributed by atoms with E-state index >= 15 is 0 Å². The number of para-hydroxylation sites is 2. The van der Waals surface area contributed by atoms with Crippen molar-refractivity contribution in [3.8, 4) is 44.5 Å². The summed E-state index contributed by atoms with van der Waals surface area (Å²) < 4.78 is 0. The largest absolute Gasteiger partial charge is 0.311 e. The Hall–Kier alpha value is -9.26. The SMILES string of the molecule is c1ccc(-c2cc(-c3ccncc3)cc(N3c4cc(-c5ccccc5)ccc4B4c5ccc(N(c6ccccc6)c6ccccc6)cc5N(c5cccc(-c6ccncc6)c5)c5cccc3c54)c2)cc1. The molecule has 0 aliphatic carbocycles. The van der Waals surface area contributed by atoms with Crippen molar-refractivity contribution in [1.82, 2.24) is 9.97 Å². The second-order valence-corrected chi connectivity index (χ2v) is 17.9. The zero-order valence-corrected chi connectivity index (χ0v) is 38.2. The minimum Gasteiger partial charge on any atom is -0.311 e. The van der Waals surface area contributed by atoms with Crippen LogP contribution in [0.25, 0.3) is 44.5 Å². The van der Waals surface area contributed by atoms with Crippen LogP contribution in [-0.4, -0.2) is 16.7 Å². The first-order valence-electron chi connectivity index (χ1n) is 23.8. The third-order valence-corrected chi connectivity index (χ3v) is 13.8. The van der Waals surface area contributed by atoms with Gasteiger partial charge in [-0.25, -0.2) is 0 Å². The van der Waals surface area contributed by atoms with Gasteiger partial charge in [-0.3, -0.25) is 9.97 Å². The number of benzene rings is 9. The molecule has 0 bridgehead atoms. The second-order valence-electron chi connectivity index (χ2n) is 17.9. The van der Waals surface area contributed by atoms with E-state index in [-0.39, 0.29) is 6.71 Å². The summed E-state index contributed by atoms with van der Waals surface area (Å²) in [5, 5.41) is 0. The topological polar surface area (TPSA) is 35.5 Å². The number of fused-ring (bicyclic) bond motifs is 4. The van der Waals surface area contributed by atoms with Gasteiger partial charge in [-0.1, -0.05) is 133 Å². The molecule has 0 amide bonds. The Kier molecular flexibility index (Phi) is 10.2. The summed E-state index contributed by atoms with van der Waals surface area (Å²) in [6, 6.07) is 88.3. The highest BCUT2D eigenvalue weighted by Gasteiger charge is 2.43. The highest BCUT2D eigenvalue weighted by Crippen LogP contribution is 2.48. The summed E-state index contributed by atoms with van der Waals surface area (Å²) in [6.07, 6.45) is 7.49. The molecule has 2 aliphatic heterocycles. The van der Waals surface area contributed by atoms with Crippen molar-refractivity contribution in [1.29, 1.82) is 0 Å². The standard InChI is InChI=1S/C64H44BN5/c1-5-15-45(16-6-1)50-27-29-58-62(43-50)70(57-41-51(46-17-7-2-8-18-46)39-52(42-57)48-33-37-67-38-34-48)61-26-14-25-60-64(61)65(58)59-30-28-56(68(53-20-9-3-10-21-53)54-22-11-4-12-23-54)44-63(59)69(60)55-24-13-19-49(40-55)47-31-35-66-36-32-47/h1-44H. The molecule has 2 aromatic heterocycles. The Bertz CT molecular complexity index is 3570. The molecule has 0 saturated heterocycles. The average Bonchev–Trinajstić information content (AvgIpc) is 3.44. The molecule has 70 heavy (non-hydrogen) atoms. The van der Waals surface area contributed by atoms with Gasteiger partial charge < -0.3 is 14.7 Å². The van der Waals surface area contributed by atoms with Crippen molar-refractivity contribution >= 4 is 74.3 Å². The molecular weight excluding hydrogens is 850 g/mol. The molecular formula is C64H44BN5. The van der Waals surface area contributed by atoms with Crippen LogP contribution in [0.15, 0.2) is 267 Å². The summed E-state index contributed by atoms with van der Waals surface area (Å²) in [7, 11) is 0. The van der Waals surface area contributed by atoms with Crippen LogP contribution in [0.3, 0.4) is 0 Å². The number of hydrogen-bond donors (Lipinski definition) is 0. The molecule has 328 valence electrons. The number of aromatic nitrogens is 2. The Morgan fingerprint density at radius 2 is 0.729 bits per heavy atom. The zero-order chi connectivity index (χ0) is 46.4. The molecule has 0 spiro atoms. The highest BCUT2D eigenvalue weighted by atomic mass is 15.2. The molecule has 0 radical (unpaired) electrons. The molecule has 0 unspecified atom stereocenters. The van der Waals surface area contributed by atoms with Crippen molar-refractivity contribution < 1.29 is 0 Å². The fraction of sp³-hybridized carbons (Fsp3) is 0. The molecule has 0 N–H and O–H groups in total. The van der Waals surface area contributed by atoms with E-state index in [4.69, 9.17) is 0 Å². The molecule has 0 fully saturated rings. The normalized spacial score (nSPS) is 12.2. The molecule has 11 aromatic rings. The Morgan fingerprint density at radius 3 is 1.33 bits per heavy atom. The monoisotopic (exact) mass is 893 g/mol. The fourth-order valence-corrected chi connectivity index (χ4v) is 10.6. The van der Waals surface area contributed by atoms with Crippen molar-refractivity contribution in [2.24, 2.45) is 0 Å². The summed E-state index contributed by atoms with van der Waals surface area (Å²) >= 11 is 0. The van der Waals surface area contributed by atoms with Gasteiger partial charge in [-0.15, -0.1) is 0 Å². The molecule has 4 heterocycles. The summed E-state index contributed by atoms with van der Waals surface area (Å²) in [5.74, 6) is 0. The van der Waals surface area contributed by atoms with Crippen LogP contribution < -0.4 is 31.1 Å². The van der Waals surface area contributed by atoms with Gasteiger partial charge in [0.15, 0.2) is 0 Å². The summed E-state index contributed by atoms with van der Waals surface area (Å²) in [4.78, 5) is 16.1. The lowest BCUT2D eigenvalue weighted by Gasteiger charge is -2.44. The minimum atomic E-state index is -0.0789. The smallest absolute Gasteiger partial charge is 0.252 e. The molecule has 2 aliphatic rings. The molecule has 0 saturated carbocycles. The van der Waals surface area contributed by atoms with Crippen LogP contribution in [0.2, 0.25) is 0 Å². The van der Waals surface area contributed by atoms with E-state index in [0.717, 1.165) is 84.6 Å². The van der Waals surface area contributed by atoms with Crippen LogP contribution in [0, 0.1) is 0 Å². The van der Waals surface area contributed by atoms with Crippen molar-refractivity contribution in [2.45, 2.75) is 0 Å². The quantitative estimate of drug-likeness (QED) is 0.135. The van der Waals surface area contributed by atoms with Gasteiger partial charge in [0.2, 0.25) is 0 Å². The van der Waals surface area contributed by atoms with Crippen molar-refractivity contribution in [3.05, 3.63) is 267 Å². The van der Waals surface area contributed by atoms with Gasteiger partial charge in [0.1, 0.15) is 0 Å². The van der Waals surface area contributed by atoms with Gasteiger partial charge in [-0.2, -0.15) is 0 Å². The Balaban J connectivity index is 1.09. The van der Waals surface area contributed by atoms with E-state index in [2.05, 4.69) is 267 Å². The molecule has 0 atom stereocenters. The van der Waals surface area contributed by atoms with Gasteiger partial charge in [-0.05, 0) is 170 Å². The first-order valence-corrected chi connectivity index (χ1v) is 23.8. The van der Waals surface area contributed by atoms with Crippen LogP contribution in [-0.2, 0) is 0 Å². The van der Waals surface area contributed by atoms with Gasteiger partial charge in [0, 0.05) is 76.0 Å². The molecule has 13 rings (SSSR count). The molecule has 6 heteroatoms. The van der Waals surface area contributed by atoms with Crippen LogP contribution in [0.1, 0.15) is 0 Å². The van der Waals surface area contributed by atoms with E-state index in [1.54, 1.807) is 0 Å². The third kappa shape index (κ3) is 7.22. The predicted octanol–water partition coefficient (Wildman–Crippen LogP) is 14.7. The van der Waals surface area contributed by atoms with Crippen molar-refractivity contribution in [3.63, 3.8) is 0 Å². The number of nitrogens with zero attached hydrogens (tertiary/aromatic N) is 5. The lowest BCUT2D eigenvalue weighted by molar-refractivity contribution is 1.24. The Morgan fingerprint density at radius 1 is 0.286 bits per heavy atom. The van der Waals surface area contributed by atoms with E-state index in [9.17, 15) is 0 Å². The minimum absolute atomic E-state index is 0.0789. The maximum atomic E-state index is 4.39. The van der Waals surface area contributed by atoms with Gasteiger partial charge in [0.25, 0.3) is 6.71 Å². The maximum Gasteiger partial charge on any atom is 0.252 e. The number of anilines is 9. The summed E-state index contributed by atoms with van der Waals surface area (Å²) in [6.45, 7) is -0.0789. The average molecular weight is 894 g/mol. The van der Waals surface area contributed by atoms with Crippen LogP contribution in [0.4, 0.5) is 51.2 Å². The first kappa shape index (κ1) is 41.0. The zero-order valence-electron chi connectivity index (χ0n) is 38.2. The second kappa shape index (κ2) is 17.4. The lowest BCUT2D eigenvalue weighted by atomic mass is 9.33. The van der Waals surface area contributed by atoms with Crippen LogP contribution >= 0.6 is 0 Å². The van der Waals surface area contributed by atoms with Crippen LogP contribution in [0.5, 0.6) is 0 Å². The van der Waals surface area contributed by atoms with Gasteiger partial charge in [0.05, 0.1) is 0 Å². The van der Waals surface area contributed by atoms with Crippen molar-refractivity contribution in [2.75, 3.05) is 14.7 Å². The lowest BCUT2D eigenvalue weighted by Crippen LogP contribution is -2.61. The van der Waals surface area contributed by atoms with E-state index in [1.165, 1.54) is 27.5 Å². The number of hydrogen-bond acceptors (Lipinski definition) is 5. The maximum absolute atomic E-state index is 4.39. The van der Waals surface area contributed by atoms with Gasteiger partial charge >= 0.3 is 0 Å². The third-order valence-electron chi connectivity index (χ3n) is 13.8. The number of rotatable bonds is 9. The molecule has 5 nitrogen and oxygen atoms in total. The van der Waals surface area contributed by atoms with E-state index in [1.807, 2.05) is 24.8 Å².